The maximum atomic E-state index is 13.1. The fraction of sp³-hybridized carbons (Fsp3) is 0.188. The quantitative estimate of drug-likeness (QED) is 0.862. The van der Waals surface area contributed by atoms with Crippen molar-refractivity contribution >= 4 is 11.6 Å². The summed E-state index contributed by atoms with van der Waals surface area (Å²) in [6.45, 7) is 0.794. The van der Waals surface area contributed by atoms with Crippen molar-refractivity contribution in [1.29, 1.82) is 0 Å². The summed E-state index contributed by atoms with van der Waals surface area (Å²) in [5.74, 6) is -0.798. The third kappa shape index (κ3) is 4.96. The zero-order valence-corrected chi connectivity index (χ0v) is 11.7. The van der Waals surface area contributed by atoms with Crippen molar-refractivity contribution in [3.05, 3.63) is 65.7 Å². The van der Waals surface area contributed by atoms with Crippen LogP contribution >= 0.6 is 0 Å². The Balaban J connectivity index is 1.86. The van der Waals surface area contributed by atoms with E-state index in [4.69, 9.17) is 0 Å². The number of carbonyl (C=O) groups is 1. The summed E-state index contributed by atoms with van der Waals surface area (Å²) in [6, 6.07) is 11.9. The molecular formula is C16H17F2N2O+. The number of benzene rings is 2. The van der Waals surface area contributed by atoms with E-state index < -0.39 is 0 Å². The summed E-state index contributed by atoms with van der Waals surface area (Å²) in [5, 5.41) is 2.70. The number of likely N-dealkylation sites (N-methyl/N-ethyl adjacent to an activating group) is 1. The number of anilines is 1. The molecule has 0 saturated carbocycles. The van der Waals surface area contributed by atoms with Crippen LogP contribution in [0.1, 0.15) is 5.56 Å². The molecule has 0 aliphatic heterocycles. The summed E-state index contributed by atoms with van der Waals surface area (Å²) in [5.41, 5.74) is 1.39. The first-order chi connectivity index (χ1) is 10.0. The molecule has 1 amide bonds. The number of quaternary nitrogens is 1. The lowest BCUT2D eigenvalue weighted by Gasteiger charge is -2.14. The molecule has 5 heteroatoms. The molecule has 1 unspecified atom stereocenters. The minimum absolute atomic E-state index is 0.171. The first-order valence-electron chi connectivity index (χ1n) is 6.64. The van der Waals surface area contributed by atoms with Gasteiger partial charge in [-0.25, -0.2) is 8.78 Å². The average molecular weight is 291 g/mol. The predicted octanol–water partition coefficient (Wildman–Crippen LogP) is 1.62. The molecule has 0 aromatic heterocycles. The van der Waals surface area contributed by atoms with Crippen molar-refractivity contribution in [2.24, 2.45) is 0 Å². The van der Waals surface area contributed by atoms with Crippen molar-refractivity contribution in [2.75, 3.05) is 18.9 Å². The molecule has 1 atom stereocenters. The Morgan fingerprint density at radius 1 is 1.10 bits per heavy atom. The van der Waals surface area contributed by atoms with E-state index in [0.717, 1.165) is 10.5 Å². The minimum Gasteiger partial charge on any atom is -0.326 e. The predicted molar refractivity (Wildman–Crippen MR) is 76.9 cm³/mol. The van der Waals surface area contributed by atoms with Gasteiger partial charge in [-0.15, -0.1) is 0 Å². The van der Waals surface area contributed by atoms with Crippen LogP contribution in [0.5, 0.6) is 0 Å². The molecule has 0 radical (unpaired) electrons. The Morgan fingerprint density at radius 3 is 2.48 bits per heavy atom. The van der Waals surface area contributed by atoms with Gasteiger partial charge in [0.2, 0.25) is 0 Å². The van der Waals surface area contributed by atoms with Crippen molar-refractivity contribution in [2.45, 2.75) is 6.54 Å². The van der Waals surface area contributed by atoms with E-state index in [1.807, 2.05) is 13.1 Å². The molecule has 0 fully saturated rings. The van der Waals surface area contributed by atoms with E-state index in [9.17, 15) is 13.6 Å². The van der Waals surface area contributed by atoms with Crippen molar-refractivity contribution in [3.8, 4) is 0 Å². The maximum Gasteiger partial charge on any atom is 0.279 e. The third-order valence-corrected chi connectivity index (χ3v) is 2.99. The zero-order valence-electron chi connectivity index (χ0n) is 11.7. The maximum absolute atomic E-state index is 13.1. The highest BCUT2D eigenvalue weighted by Gasteiger charge is 2.11. The molecule has 2 N–H and O–H groups in total. The van der Waals surface area contributed by atoms with Crippen LogP contribution in [0, 0.1) is 11.6 Å². The molecule has 0 aliphatic rings. The Hall–Kier alpha value is -2.27. The van der Waals surface area contributed by atoms with Gasteiger partial charge in [-0.1, -0.05) is 12.1 Å². The first-order valence-corrected chi connectivity index (χ1v) is 6.64. The number of nitrogens with one attached hydrogen (secondary N) is 2. The van der Waals surface area contributed by atoms with Gasteiger partial charge in [0.15, 0.2) is 6.54 Å². The van der Waals surface area contributed by atoms with E-state index in [-0.39, 0.29) is 24.1 Å². The highest BCUT2D eigenvalue weighted by Crippen LogP contribution is 2.07. The monoisotopic (exact) mass is 291 g/mol. The highest BCUT2D eigenvalue weighted by atomic mass is 19.1. The number of carbonyl (C=O) groups excluding carboxylic acids is 1. The SMILES string of the molecule is C[NH+](CC(=O)Nc1ccc(F)cc1)Cc1cccc(F)c1. The molecule has 3 nitrogen and oxygen atoms in total. The number of hydrogen-bond acceptors (Lipinski definition) is 1. The van der Waals surface area contributed by atoms with Gasteiger partial charge in [0, 0.05) is 11.3 Å². The number of halogens is 2. The van der Waals surface area contributed by atoms with Gasteiger partial charge in [-0.05, 0) is 36.4 Å². The smallest absolute Gasteiger partial charge is 0.279 e. The molecule has 0 heterocycles. The minimum atomic E-state index is -0.346. The van der Waals surface area contributed by atoms with Gasteiger partial charge >= 0.3 is 0 Å². The van der Waals surface area contributed by atoms with Gasteiger partial charge in [-0.2, -0.15) is 0 Å². The first kappa shape index (κ1) is 15.1. The standard InChI is InChI=1S/C16H16F2N2O/c1-20(10-12-3-2-4-14(18)9-12)11-16(21)19-15-7-5-13(17)6-8-15/h2-9H,10-11H2,1H3,(H,19,21)/p+1. The second-order valence-corrected chi connectivity index (χ2v) is 5.00. The lowest BCUT2D eigenvalue weighted by Crippen LogP contribution is -3.08. The van der Waals surface area contributed by atoms with Crippen LogP contribution in [0.25, 0.3) is 0 Å². The van der Waals surface area contributed by atoms with Crippen LogP contribution in [0.2, 0.25) is 0 Å². The lowest BCUT2D eigenvalue weighted by molar-refractivity contribution is -0.885. The molecule has 21 heavy (non-hydrogen) atoms. The van der Waals surface area contributed by atoms with E-state index in [0.29, 0.717) is 12.2 Å². The molecule has 0 aliphatic carbocycles. The molecular weight excluding hydrogens is 274 g/mol. The van der Waals surface area contributed by atoms with Gasteiger partial charge < -0.3 is 10.2 Å². The van der Waals surface area contributed by atoms with Gasteiger partial charge in [0.05, 0.1) is 7.05 Å². The zero-order chi connectivity index (χ0) is 15.2. The summed E-state index contributed by atoms with van der Waals surface area (Å²) in [7, 11) is 1.86. The van der Waals surface area contributed by atoms with Crippen LogP contribution < -0.4 is 10.2 Å². The van der Waals surface area contributed by atoms with Crippen LogP contribution in [0.4, 0.5) is 14.5 Å². The Kier molecular flexibility index (Phi) is 5.00. The van der Waals surface area contributed by atoms with E-state index in [2.05, 4.69) is 5.32 Å². The average Bonchev–Trinajstić information content (AvgIpc) is 2.41. The summed E-state index contributed by atoms with van der Waals surface area (Å²) < 4.78 is 25.8. The molecule has 2 aromatic carbocycles. The molecule has 2 aromatic rings. The van der Waals surface area contributed by atoms with E-state index in [1.54, 1.807) is 6.07 Å². The highest BCUT2D eigenvalue weighted by molar-refractivity contribution is 5.91. The van der Waals surface area contributed by atoms with Crippen LogP contribution in [-0.4, -0.2) is 19.5 Å². The molecule has 0 bridgehead atoms. The van der Waals surface area contributed by atoms with Crippen LogP contribution in [0.15, 0.2) is 48.5 Å². The van der Waals surface area contributed by atoms with Crippen LogP contribution in [-0.2, 0) is 11.3 Å². The summed E-state index contributed by atoms with van der Waals surface area (Å²) in [6.07, 6.45) is 0. The Bertz CT molecular complexity index is 614. The Morgan fingerprint density at radius 2 is 1.81 bits per heavy atom. The van der Waals surface area contributed by atoms with Gasteiger partial charge in [0.25, 0.3) is 5.91 Å². The Labute approximate surface area is 122 Å². The van der Waals surface area contributed by atoms with E-state index in [1.165, 1.54) is 36.4 Å². The second kappa shape index (κ2) is 6.95. The molecule has 2 rings (SSSR count). The normalized spacial score (nSPS) is 12.0. The van der Waals surface area contributed by atoms with E-state index >= 15 is 0 Å². The number of amides is 1. The largest absolute Gasteiger partial charge is 0.326 e. The summed E-state index contributed by atoms with van der Waals surface area (Å²) >= 11 is 0. The lowest BCUT2D eigenvalue weighted by atomic mass is 10.2. The number of rotatable bonds is 5. The van der Waals surface area contributed by atoms with Crippen LogP contribution in [0.3, 0.4) is 0 Å². The third-order valence-electron chi connectivity index (χ3n) is 2.99. The fourth-order valence-corrected chi connectivity index (χ4v) is 2.07. The van der Waals surface area contributed by atoms with Crippen molar-refractivity contribution < 1.29 is 18.5 Å². The fourth-order valence-electron chi connectivity index (χ4n) is 2.07. The van der Waals surface area contributed by atoms with Gasteiger partial charge in [-0.3, -0.25) is 4.79 Å². The molecule has 110 valence electrons. The summed E-state index contributed by atoms with van der Waals surface area (Å²) in [4.78, 5) is 12.8. The topological polar surface area (TPSA) is 33.5 Å². The number of hydrogen-bond donors (Lipinski definition) is 2. The molecule has 0 spiro atoms. The molecule has 0 saturated heterocycles. The van der Waals surface area contributed by atoms with Crippen molar-refractivity contribution in [3.63, 3.8) is 0 Å². The van der Waals surface area contributed by atoms with Gasteiger partial charge in [0.1, 0.15) is 18.2 Å². The van der Waals surface area contributed by atoms with Crippen molar-refractivity contribution in [1.82, 2.24) is 0 Å². The second-order valence-electron chi connectivity index (χ2n) is 5.00.